The molecule has 0 aromatic carbocycles. The van der Waals surface area contributed by atoms with E-state index in [1.807, 2.05) is 0 Å². The van der Waals surface area contributed by atoms with Crippen LogP contribution in [0.25, 0.3) is 0 Å². The Balaban J connectivity index is 0.00000280. The molecule has 1 aliphatic carbocycles. The minimum Gasteiger partial charge on any atom is -0.325 e. The van der Waals surface area contributed by atoms with Crippen LogP contribution >= 0.6 is 15.8 Å². The van der Waals surface area contributed by atoms with Gasteiger partial charge in [0.15, 0.2) is 0 Å². The van der Waals surface area contributed by atoms with Gasteiger partial charge in [-0.2, -0.15) is 12.3 Å². The van der Waals surface area contributed by atoms with Crippen molar-refractivity contribution in [3.05, 3.63) is 6.42 Å². The Kier molecular flexibility index (Phi) is 8.32. The number of hydrogen-bond donors (Lipinski definition) is 0. The fraction of sp³-hybridized carbons (Fsp3) is 0.960. The molecule has 0 spiro atoms. The number of rotatable bonds is 4. The van der Waals surface area contributed by atoms with E-state index in [1.54, 1.807) is 6.16 Å². The zero-order chi connectivity index (χ0) is 20.1. The topological polar surface area (TPSA) is 0 Å². The van der Waals surface area contributed by atoms with Gasteiger partial charge in [0.2, 0.25) is 0 Å². The van der Waals surface area contributed by atoms with E-state index in [0.29, 0.717) is 20.6 Å². The molecule has 0 amide bonds. The van der Waals surface area contributed by atoms with Gasteiger partial charge in [-0.25, -0.2) is 0 Å². The van der Waals surface area contributed by atoms with Crippen LogP contribution in [0, 0.1) is 18.3 Å². The van der Waals surface area contributed by atoms with Crippen LogP contribution in [0.3, 0.4) is 0 Å². The van der Waals surface area contributed by atoms with Gasteiger partial charge < -0.3 is 6.42 Å². The standard InChI is InChI=1S/C25H47P2.Fe/c1-22(2)14-10-15-23(3,4)26(22)18-20-12-9-13-21(20)19-27-24(5,6)16-11-17-25(27,7)8;/h12,20-21H,9-11,13-19H2,1-8H3;/q-1;/t20-,21?;/m1./s1. The quantitative estimate of drug-likeness (QED) is 0.221. The van der Waals surface area contributed by atoms with Crippen molar-refractivity contribution in [2.45, 2.75) is 127 Å². The van der Waals surface area contributed by atoms with Crippen molar-refractivity contribution in [2.24, 2.45) is 11.8 Å². The molecule has 3 rings (SSSR count). The van der Waals surface area contributed by atoms with Gasteiger partial charge in [-0.1, -0.05) is 103 Å². The Hall–Kier alpha value is 1.38. The molecule has 0 bridgehead atoms. The van der Waals surface area contributed by atoms with E-state index in [1.165, 1.54) is 57.5 Å². The van der Waals surface area contributed by atoms with Gasteiger partial charge in [0.1, 0.15) is 0 Å². The summed E-state index contributed by atoms with van der Waals surface area (Å²) in [5, 5.41) is 2.37. The first-order valence-electron chi connectivity index (χ1n) is 11.7. The van der Waals surface area contributed by atoms with Gasteiger partial charge in [0.25, 0.3) is 0 Å². The minimum absolute atomic E-state index is 0. The second kappa shape index (κ2) is 9.09. The van der Waals surface area contributed by atoms with Crippen molar-refractivity contribution in [3.8, 4) is 0 Å². The van der Waals surface area contributed by atoms with Crippen molar-refractivity contribution >= 4 is 15.8 Å². The Morgan fingerprint density at radius 3 is 1.50 bits per heavy atom. The molecule has 0 N–H and O–H groups in total. The summed E-state index contributed by atoms with van der Waals surface area (Å²) in [5.41, 5.74) is 0. The molecule has 166 valence electrons. The van der Waals surface area contributed by atoms with Crippen molar-refractivity contribution in [1.82, 2.24) is 0 Å². The van der Waals surface area contributed by atoms with E-state index in [9.17, 15) is 0 Å². The van der Waals surface area contributed by atoms with Crippen LogP contribution < -0.4 is 0 Å². The van der Waals surface area contributed by atoms with E-state index < -0.39 is 0 Å². The summed E-state index contributed by atoms with van der Waals surface area (Å²) in [6, 6.07) is 0. The zero-order valence-electron chi connectivity index (χ0n) is 20.1. The summed E-state index contributed by atoms with van der Waals surface area (Å²) in [6.07, 6.45) is 17.5. The molecule has 0 nitrogen and oxygen atoms in total. The van der Waals surface area contributed by atoms with Crippen LogP contribution in [0.5, 0.6) is 0 Å². The van der Waals surface area contributed by atoms with E-state index in [0.717, 1.165) is 11.8 Å². The van der Waals surface area contributed by atoms with Crippen LogP contribution in [-0.2, 0) is 17.1 Å². The van der Waals surface area contributed by atoms with E-state index >= 15 is 0 Å². The fourth-order valence-corrected chi connectivity index (χ4v) is 15.7. The van der Waals surface area contributed by atoms with E-state index in [2.05, 4.69) is 61.8 Å². The first-order chi connectivity index (χ1) is 12.4. The maximum absolute atomic E-state index is 2.77. The van der Waals surface area contributed by atoms with Gasteiger partial charge in [-0.15, -0.1) is 0 Å². The second-order valence-electron chi connectivity index (χ2n) is 12.4. The predicted molar refractivity (Wildman–Crippen MR) is 128 cm³/mol. The molecule has 2 heterocycles. The van der Waals surface area contributed by atoms with Crippen LogP contribution in [0.2, 0.25) is 0 Å². The average Bonchev–Trinajstić information content (AvgIpc) is 2.93. The van der Waals surface area contributed by atoms with Crippen molar-refractivity contribution in [1.29, 1.82) is 0 Å². The first kappa shape index (κ1) is 25.6. The number of hydrogen-bond acceptors (Lipinski definition) is 0. The van der Waals surface area contributed by atoms with E-state index in [-0.39, 0.29) is 32.9 Å². The molecule has 2 aliphatic heterocycles. The molecule has 1 unspecified atom stereocenters. The maximum atomic E-state index is 2.77. The zero-order valence-corrected chi connectivity index (χ0v) is 22.9. The van der Waals surface area contributed by atoms with Crippen LogP contribution in [0.1, 0.15) is 107 Å². The summed E-state index contributed by atoms with van der Waals surface area (Å²) in [7, 11) is 0.230. The predicted octanol–water partition coefficient (Wildman–Crippen LogP) is 8.66. The first-order valence-corrected chi connectivity index (χ1v) is 14.8. The van der Waals surface area contributed by atoms with Crippen molar-refractivity contribution < 1.29 is 17.1 Å². The third-order valence-electron chi connectivity index (χ3n) is 8.50. The summed E-state index contributed by atoms with van der Waals surface area (Å²) in [5.74, 6) is 1.91. The molecule has 3 heteroatoms. The second-order valence-corrected chi connectivity index (χ2v) is 19.7. The van der Waals surface area contributed by atoms with Crippen molar-refractivity contribution in [2.75, 3.05) is 12.3 Å². The molecule has 3 fully saturated rings. The summed E-state index contributed by atoms with van der Waals surface area (Å²) in [6.45, 7) is 20.8. The third-order valence-corrected chi connectivity index (χ3v) is 16.9. The molecule has 2 atom stereocenters. The van der Waals surface area contributed by atoms with Gasteiger partial charge in [0, 0.05) is 17.1 Å². The monoisotopic (exact) mass is 465 g/mol. The molecule has 0 radical (unpaired) electrons. The van der Waals surface area contributed by atoms with Crippen LogP contribution in [-0.4, -0.2) is 32.9 Å². The van der Waals surface area contributed by atoms with E-state index in [4.69, 9.17) is 0 Å². The van der Waals surface area contributed by atoms with Gasteiger partial charge in [-0.3, -0.25) is 0 Å². The molecule has 2 saturated heterocycles. The largest absolute Gasteiger partial charge is 0.325 e. The van der Waals surface area contributed by atoms with Crippen molar-refractivity contribution in [3.63, 3.8) is 0 Å². The summed E-state index contributed by atoms with van der Waals surface area (Å²) in [4.78, 5) is 0. The average molecular weight is 465 g/mol. The van der Waals surface area contributed by atoms with Crippen LogP contribution in [0.15, 0.2) is 0 Å². The molecular formula is C25H47FeP2-. The third kappa shape index (κ3) is 5.40. The van der Waals surface area contributed by atoms with Gasteiger partial charge >= 0.3 is 0 Å². The normalized spacial score (nSPS) is 34.7. The molecular weight excluding hydrogens is 418 g/mol. The smallest absolute Gasteiger partial charge is 0 e. The summed E-state index contributed by atoms with van der Waals surface area (Å²) < 4.78 is 0. The van der Waals surface area contributed by atoms with Gasteiger partial charge in [-0.05, 0) is 52.5 Å². The Labute approximate surface area is 190 Å². The minimum atomic E-state index is 0. The maximum Gasteiger partial charge on any atom is 0 e. The SMILES string of the molecule is CC1(C)CCCC(C)(C)P1CC1CC[CH-][C@@H]1CP1C(C)(C)CCCC1(C)C.[Fe]. The Morgan fingerprint density at radius 1 is 0.679 bits per heavy atom. The molecule has 28 heavy (non-hydrogen) atoms. The summed E-state index contributed by atoms with van der Waals surface area (Å²) >= 11 is 0. The molecule has 0 aromatic rings. The van der Waals surface area contributed by atoms with Crippen LogP contribution in [0.4, 0.5) is 0 Å². The fourth-order valence-electron chi connectivity index (χ4n) is 6.90. The molecule has 3 aliphatic rings. The van der Waals surface area contributed by atoms with Gasteiger partial charge in [0.05, 0.1) is 0 Å². The molecule has 0 aromatic heterocycles. The Morgan fingerprint density at radius 2 is 1.07 bits per heavy atom. The Bertz CT molecular complexity index is 445. The molecule has 1 saturated carbocycles.